The molecule has 0 aliphatic carbocycles. The first-order chi connectivity index (χ1) is 10.8. The summed E-state index contributed by atoms with van der Waals surface area (Å²) < 4.78 is 5.75. The zero-order valence-corrected chi connectivity index (χ0v) is 14.9. The number of rotatable bonds is 6. The number of benzene rings is 1. The molecule has 1 fully saturated rings. The summed E-state index contributed by atoms with van der Waals surface area (Å²) in [4.78, 5) is 4.66. The van der Waals surface area contributed by atoms with Gasteiger partial charge in [0.15, 0.2) is 0 Å². The number of hydrogen-bond donors (Lipinski definition) is 2. The van der Waals surface area contributed by atoms with Gasteiger partial charge in [0, 0.05) is 37.4 Å². The maximum Gasteiger partial charge on any atom is 0.144 e. The second-order valence-corrected chi connectivity index (χ2v) is 7.11. The topological polar surface area (TPSA) is 62.0 Å². The van der Waals surface area contributed by atoms with Crippen LogP contribution in [0.4, 0.5) is 11.4 Å². The quantitative estimate of drug-likeness (QED) is 0.788. The molecule has 1 aliphatic heterocycles. The van der Waals surface area contributed by atoms with E-state index in [9.17, 15) is 5.11 Å². The fraction of sp³-hybridized carbons (Fsp3) is 0.667. The standard InChI is InChI=1S/C18H31N3O2/c1-5-23-17-12-14(19)6-7-16(17)21-10-8-15(9-11-21)20(4)13-18(2,3)22/h6-7,12,15,22H,5,8-11,13,19H2,1-4H3. The number of likely N-dealkylation sites (N-methyl/N-ethyl adjacent to an activating group) is 1. The van der Waals surface area contributed by atoms with Crippen molar-refractivity contribution >= 4 is 11.4 Å². The van der Waals surface area contributed by atoms with Crippen LogP contribution in [0.25, 0.3) is 0 Å². The molecule has 23 heavy (non-hydrogen) atoms. The molecule has 5 nitrogen and oxygen atoms in total. The van der Waals surface area contributed by atoms with Gasteiger partial charge >= 0.3 is 0 Å². The van der Waals surface area contributed by atoms with Crippen molar-refractivity contribution in [3.05, 3.63) is 18.2 Å². The average molecular weight is 321 g/mol. The minimum atomic E-state index is -0.648. The van der Waals surface area contributed by atoms with Gasteiger partial charge in [0.1, 0.15) is 5.75 Å². The number of hydrogen-bond acceptors (Lipinski definition) is 5. The molecule has 0 radical (unpaired) electrons. The summed E-state index contributed by atoms with van der Waals surface area (Å²) in [6.07, 6.45) is 2.17. The third-order valence-corrected chi connectivity index (χ3v) is 4.35. The summed E-state index contributed by atoms with van der Waals surface area (Å²) in [6, 6.07) is 6.42. The van der Waals surface area contributed by atoms with Gasteiger partial charge in [-0.3, -0.25) is 0 Å². The first kappa shape index (κ1) is 17.9. The van der Waals surface area contributed by atoms with Crippen LogP contribution >= 0.6 is 0 Å². The summed E-state index contributed by atoms with van der Waals surface area (Å²) >= 11 is 0. The van der Waals surface area contributed by atoms with Crippen LogP contribution in [0.15, 0.2) is 18.2 Å². The molecule has 0 amide bonds. The molecule has 0 saturated carbocycles. The lowest BCUT2D eigenvalue weighted by atomic mass is 10.0. The Bertz CT molecular complexity index is 505. The van der Waals surface area contributed by atoms with E-state index < -0.39 is 5.60 Å². The second kappa shape index (κ2) is 7.41. The molecule has 1 saturated heterocycles. The number of piperidine rings is 1. The van der Waals surface area contributed by atoms with Crippen LogP contribution in [-0.4, -0.2) is 54.9 Å². The lowest BCUT2D eigenvalue weighted by Gasteiger charge is -2.40. The first-order valence-electron chi connectivity index (χ1n) is 8.50. The number of nitrogen functional groups attached to an aromatic ring is 1. The van der Waals surface area contributed by atoms with Crippen LogP contribution in [0.3, 0.4) is 0 Å². The van der Waals surface area contributed by atoms with Gasteiger partial charge in [-0.1, -0.05) is 0 Å². The lowest BCUT2D eigenvalue weighted by molar-refractivity contribution is 0.0275. The van der Waals surface area contributed by atoms with Crippen molar-refractivity contribution in [1.82, 2.24) is 4.90 Å². The fourth-order valence-corrected chi connectivity index (χ4v) is 3.35. The van der Waals surface area contributed by atoms with Gasteiger partial charge in [-0.25, -0.2) is 0 Å². The molecule has 0 spiro atoms. The smallest absolute Gasteiger partial charge is 0.144 e. The number of nitrogens with zero attached hydrogens (tertiary/aromatic N) is 2. The second-order valence-electron chi connectivity index (χ2n) is 7.11. The van der Waals surface area contributed by atoms with Crippen molar-refractivity contribution in [1.29, 1.82) is 0 Å². The first-order valence-corrected chi connectivity index (χ1v) is 8.50. The van der Waals surface area contributed by atoms with Crippen molar-refractivity contribution in [2.45, 2.75) is 45.3 Å². The van der Waals surface area contributed by atoms with Crippen molar-refractivity contribution < 1.29 is 9.84 Å². The van der Waals surface area contributed by atoms with Gasteiger partial charge in [0.2, 0.25) is 0 Å². The van der Waals surface area contributed by atoms with E-state index >= 15 is 0 Å². The van der Waals surface area contributed by atoms with E-state index in [1.54, 1.807) is 0 Å². The lowest BCUT2D eigenvalue weighted by Crippen LogP contribution is -2.47. The van der Waals surface area contributed by atoms with E-state index in [0.29, 0.717) is 19.2 Å². The molecule has 1 aromatic carbocycles. The zero-order valence-electron chi connectivity index (χ0n) is 14.9. The molecule has 0 atom stereocenters. The van der Waals surface area contributed by atoms with Crippen molar-refractivity contribution in [2.75, 3.05) is 43.9 Å². The molecule has 1 aromatic rings. The molecule has 0 bridgehead atoms. The SMILES string of the molecule is CCOc1cc(N)ccc1N1CCC(N(C)CC(C)(C)O)CC1. The Hall–Kier alpha value is -1.46. The summed E-state index contributed by atoms with van der Waals surface area (Å²) in [5, 5.41) is 9.99. The Kier molecular flexibility index (Phi) is 5.76. The Morgan fingerprint density at radius 1 is 1.35 bits per heavy atom. The third-order valence-electron chi connectivity index (χ3n) is 4.35. The molecule has 1 aliphatic rings. The fourth-order valence-electron chi connectivity index (χ4n) is 3.35. The Morgan fingerprint density at radius 3 is 2.57 bits per heavy atom. The summed E-state index contributed by atoms with van der Waals surface area (Å²) in [5.74, 6) is 0.871. The predicted molar refractivity (Wildman–Crippen MR) is 96.2 cm³/mol. The molecular formula is C18H31N3O2. The summed E-state index contributed by atoms with van der Waals surface area (Å²) in [6.45, 7) is 9.04. The molecule has 0 aromatic heterocycles. The maximum absolute atomic E-state index is 9.99. The molecule has 3 N–H and O–H groups in total. The minimum absolute atomic E-state index is 0.516. The molecule has 130 valence electrons. The number of nitrogens with two attached hydrogens (primary N) is 1. The highest BCUT2D eigenvalue weighted by Gasteiger charge is 2.27. The van der Waals surface area contributed by atoms with Crippen LogP contribution in [0.2, 0.25) is 0 Å². The van der Waals surface area contributed by atoms with Crippen molar-refractivity contribution in [2.24, 2.45) is 0 Å². The van der Waals surface area contributed by atoms with Crippen LogP contribution in [0.1, 0.15) is 33.6 Å². The van der Waals surface area contributed by atoms with Gasteiger partial charge in [0.05, 0.1) is 17.9 Å². The highest BCUT2D eigenvalue weighted by Crippen LogP contribution is 2.33. The number of aliphatic hydroxyl groups is 1. The monoisotopic (exact) mass is 321 g/mol. The molecular weight excluding hydrogens is 290 g/mol. The zero-order chi connectivity index (χ0) is 17.0. The Balaban J connectivity index is 1.99. The van der Waals surface area contributed by atoms with Crippen molar-refractivity contribution in [3.8, 4) is 5.75 Å². The maximum atomic E-state index is 9.99. The van der Waals surface area contributed by atoms with Gasteiger partial charge in [-0.05, 0) is 52.8 Å². The van der Waals surface area contributed by atoms with Gasteiger partial charge < -0.3 is 25.4 Å². The summed E-state index contributed by atoms with van der Waals surface area (Å²) in [5.41, 5.74) is 7.09. The van der Waals surface area contributed by atoms with Crippen LogP contribution in [0.5, 0.6) is 5.75 Å². The van der Waals surface area contributed by atoms with Crippen molar-refractivity contribution in [3.63, 3.8) is 0 Å². The van der Waals surface area contributed by atoms with Crippen LogP contribution < -0.4 is 15.4 Å². The highest BCUT2D eigenvalue weighted by molar-refractivity contribution is 5.64. The summed E-state index contributed by atoms with van der Waals surface area (Å²) in [7, 11) is 2.10. The number of ether oxygens (including phenoxy) is 1. The highest BCUT2D eigenvalue weighted by atomic mass is 16.5. The van der Waals surface area contributed by atoms with Gasteiger partial charge in [0.25, 0.3) is 0 Å². The van der Waals surface area contributed by atoms with E-state index in [-0.39, 0.29) is 0 Å². The Labute approximate surface area is 140 Å². The van der Waals surface area contributed by atoms with E-state index in [0.717, 1.165) is 43.1 Å². The van der Waals surface area contributed by atoms with E-state index in [1.807, 2.05) is 32.9 Å². The Morgan fingerprint density at radius 2 is 2.00 bits per heavy atom. The van der Waals surface area contributed by atoms with Gasteiger partial charge in [-0.15, -0.1) is 0 Å². The molecule has 5 heteroatoms. The molecule has 0 unspecified atom stereocenters. The van der Waals surface area contributed by atoms with Crippen LogP contribution in [-0.2, 0) is 0 Å². The van der Waals surface area contributed by atoms with Gasteiger partial charge in [-0.2, -0.15) is 0 Å². The molecule has 1 heterocycles. The van der Waals surface area contributed by atoms with E-state index in [1.165, 1.54) is 0 Å². The molecule has 2 rings (SSSR count). The third kappa shape index (κ3) is 5.01. The minimum Gasteiger partial charge on any atom is -0.492 e. The predicted octanol–water partition coefficient (Wildman–Crippen LogP) is 2.34. The largest absolute Gasteiger partial charge is 0.492 e. The van der Waals surface area contributed by atoms with E-state index in [4.69, 9.17) is 10.5 Å². The normalized spacial score (nSPS) is 16.9. The van der Waals surface area contributed by atoms with Crippen LogP contribution in [0, 0.1) is 0 Å². The average Bonchev–Trinajstić information content (AvgIpc) is 2.46. The number of anilines is 2. The van der Waals surface area contributed by atoms with E-state index in [2.05, 4.69) is 22.9 Å².